The van der Waals surface area contributed by atoms with Crippen molar-refractivity contribution in [2.75, 3.05) is 43.4 Å². The van der Waals surface area contributed by atoms with Crippen molar-refractivity contribution in [3.8, 4) is 0 Å². The van der Waals surface area contributed by atoms with Gasteiger partial charge in [0.15, 0.2) is 0 Å². The summed E-state index contributed by atoms with van der Waals surface area (Å²) in [5, 5.41) is 4.17. The van der Waals surface area contributed by atoms with E-state index in [1.165, 1.54) is 11.3 Å². The number of para-hydroxylation sites is 2. The van der Waals surface area contributed by atoms with Crippen molar-refractivity contribution >= 4 is 38.8 Å². The number of aromatic nitrogens is 2. The first-order chi connectivity index (χ1) is 14.6. The number of rotatable bonds is 3. The van der Waals surface area contributed by atoms with Crippen LogP contribution < -0.4 is 10.2 Å². The SMILES string of the molecule is Cc1nc(C(C)(C)C)nc2sc(C(=O)Nc3ccccc3N3CCN(C)CC3)c(C)c12. The summed E-state index contributed by atoms with van der Waals surface area (Å²) in [5.41, 5.74) is 3.68. The minimum atomic E-state index is -0.138. The Morgan fingerprint density at radius 2 is 1.74 bits per heavy atom. The number of likely N-dealkylation sites (N-methyl/N-ethyl adjacent to an activating group) is 1. The first-order valence-electron chi connectivity index (χ1n) is 10.8. The number of thiophene rings is 1. The fourth-order valence-electron chi connectivity index (χ4n) is 3.97. The Kier molecular flexibility index (Phi) is 5.75. The summed E-state index contributed by atoms with van der Waals surface area (Å²) in [6.45, 7) is 14.3. The van der Waals surface area contributed by atoms with Crippen molar-refractivity contribution in [1.29, 1.82) is 0 Å². The molecule has 1 N–H and O–H groups in total. The molecule has 0 saturated carbocycles. The molecule has 3 aromatic rings. The summed E-state index contributed by atoms with van der Waals surface area (Å²) in [6, 6.07) is 8.07. The van der Waals surface area contributed by atoms with Crippen LogP contribution in [0.5, 0.6) is 0 Å². The molecule has 6 nitrogen and oxygen atoms in total. The molecule has 0 atom stereocenters. The molecule has 1 saturated heterocycles. The highest BCUT2D eigenvalue weighted by Crippen LogP contribution is 2.34. The molecular weight excluding hydrogens is 406 g/mol. The zero-order chi connectivity index (χ0) is 22.3. The van der Waals surface area contributed by atoms with Crippen LogP contribution in [0.2, 0.25) is 0 Å². The van der Waals surface area contributed by atoms with Crippen LogP contribution in [0.25, 0.3) is 10.2 Å². The van der Waals surface area contributed by atoms with Crippen LogP contribution in [-0.2, 0) is 5.41 Å². The monoisotopic (exact) mass is 437 g/mol. The molecule has 31 heavy (non-hydrogen) atoms. The van der Waals surface area contributed by atoms with Crippen LogP contribution >= 0.6 is 11.3 Å². The number of hydrogen-bond donors (Lipinski definition) is 1. The summed E-state index contributed by atoms with van der Waals surface area (Å²) in [7, 11) is 2.14. The number of piperazine rings is 1. The van der Waals surface area contributed by atoms with Crippen LogP contribution in [0.15, 0.2) is 24.3 Å². The average Bonchev–Trinajstić information content (AvgIpc) is 3.06. The van der Waals surface area contributed by atoms with Gasteiger partial charge in [-0.3, -0.25) is 4.79 Å². The lowest BCUT2D eigenvalue weighted by Gasteiger charge is -2.35. The number of anilines is 2. The number of fused-ring (bicyclic) bond motifs is 1. The van der Waals surface area contributed by atoms with Gasteiger partial charge in [-0.05, 0) is 38.6 Å². The van der Waals surface area contributed by atoms with Gasteiger partial charge in [-0.25, -0.2) is 9.97 Å². The molecule has 0 aliphatic carbocycles. The number of nitrogens with zero attached hydrogens (tertiary/aromatic N) is 4. The number of benzene rings is 1. The van der Waals surface area contributed by atoms with E-state index in [0.29, 0.717) is 4.88 Å². The second-order valence-electron chi connectivity index (χ2n) is 9.38. The summed E-state index contributed by atoms with van der Waals surface area (Å²) in [5.74, 6) is 0.727. The summed E-state index contributed by atoms with van der Waals surface area (Å²) in [4.78, 5) is 29.1. The van der Waals surface area contributed by atoms with E-state index in [1.807, 2.05) is 32.0 Å². The molecule has 1 aromatic carbocycles. The molecule has 164 valence electrons. The average molecular weight is 438 g/mol. The highest BCUT2D eigenvalue weighted by atomic mass is 32.1. The fourth-order valence-corrected chi connectivity index (χ4v) is 5.10. The van der Waals surface area contributed by atoms with Crippen LogP contribution in [0.1, 0.15) is 47.5 Å². The number of carbonyl (C=O) groups excluding carboxylic acids is 1. The Bertz CT molecular complexity index is 1120. The van der Waals surface area contributed by atoms with E-state index in [0.717, 1.165) is 64.9 Å². The van der Waals surface area contributed by atoms with Crippen molar-refractivity contribution in [3.05, 3.63) is 46.2 Å². The summed E-state index contributed by atoms with van der Waals surface area (Å²) < 4.78 is 0. The predicted molar refractivity (Wildman–Crippen MR) is 130 cm³/mol. The van der Waals surface area contributed by atoms with Crippen LogP contribution in [0.4, 0.5) is 11.4 Å². The predicted octanol–water partition coefficient (Wildman–Crippen LogP) is 4.61. The largest absolute Gasteiger partial charge is 0.367 e. The number of aryl methyl sites for hydroxylation is 2. The van der Waals surface area contributed by atoms with E-state index in [9.17, 15) is 4.79 Å². The van der Waals surface area contributed by atoms with E-state index >= 15 is 0 Å². The topological polar surface area (TPSA) is 61.4 Å². The molecule has 1 aliphatic rings. The van der Waals surface area contributed by atoms with E-state index in [2.05, 4.69) is 49.0 Å². The van der Waals surface area contributed by atoms with E-state index < -0.39 is 0 Å². The number of nitrogens with one attached hydrogen (secondary N) is 1. The molecule has 2 aromatic heterocycles. The molecule has 1 fully saturated rings. The van der Waals surface area contributed by atoms with Gasteiger partial charge >= 0.3 is 0 Å². The van der Waals surface area contributed by atoms with Gasteiger partial charge in [0.05, 0.1) is 21.9 Å². The first kappa shape index (κ1) is 21.7. The Balaban J connectivity index is 1.66. The van der Waals surface area contributed by atoms with Crippen LogP contribution in [0, 0.1) is 13.8 Å². The fraction of sp³-hybridized carbons (Fsp3) is 0.458. The molecule has 0 radical (unpaired) electrons. The lowest BCUT2D eigenvalue weighted by Crippen LogP contribution is -2.44. The van der Waals surface area contributed by atoms with Crippen LogP contribution in [0.3, 0.4) is 0 Å². The minimum absolute atomic E-state index is 0.0845. The molecule has 7 heteroatoms. The molecule has 1 aliphatic heterocycles. The zero-order valence-corrected chi connectivity index (χ0v) is 20.1. The molecule has 3 heterocycles. The third kappa shape index (κ3) is 4.29. The quantitative estimate of drug-likeness (QED) is 0.648. The Hall–Kier alpha value is -2.51. The minimum Gasteiger partial charge on any atom is -0.367 e. The highest BCUT2D eigenvalue weighted by molar-refractivity contribution is 7.20. The van der Waals surface area contributed by atoms with Gasteiger partial charge in [0.25, 0.3) is 5.91 Å². The van der Waals surface area contributed by atoms with Crippen molar-refractivity contribution in [1.82, 2.24) is 14.9 Å². The van der Waals surface area contributed by atoms with Gasteiger partial charge in [-0.1, -0.05) is 32.9 Å². The van der Waals surface area contributed by atoms with Gasteiger partial charge in [0, 0.05) is 37.0 Å². The maximum Gasteiger partial charge on any atom is 0.266 e. The number of hydrogen-bond acceptors (Lipinski definition) is 6. The number of carbonyl (C=O) groups is 1. The maximum atomic E-state index is 13.3. The maximum absolute atomic E-state index is 13.3. The lowest BCUT2D eigenvalue weighted by molar-refractivity contribution is 0.103. The number of amides is 1. The van der Waals surface area contributed by atoms with Gasteiger partial charge in [-0.15, -0.1) is 11.3 Å². The van der Waals surface area contributed by atoms with Crippen LogP contribution in [-0.4, -0.2) is 54.0 Å². The van der Waals surface area contributed by atoms with Crippen molar-refractivity contribution in [3.63, 3.8) is 0 Å². The normalized spacial score (nSPS) is 15.5. The van der Waals surface area contributed by atoms with Gasteiger partial charge < -0.3 is 15.1 Å². The first-order valence-corrected chi connectivity index (χ1v) is 11.6. The third-order valence-electron chi connectivity index (χ3n) is 5.84. The van der Waals surface area contributed by atoms with Crippen molar-refractivity contribution in [2.45, 2.75) is 40.0 Å². The van der Waals surface area contributed by atoms with Gasteiger partial charge in [-0.2, -0.15) is 0 Å². The molecule has 0 unspecified atom stereocenters. The second-order valence-corrected chi connectivity index (χ2v) is 10.4. The van der Waals surface area contributed by atoms with E-state index in [4.69, 9.17) is 9.97 Å². The van der Waals surface area contributed by atoms with Gasteiger partial charge in [0.1, 0.15) is 10.7 Å². The Labute approximate surface area is 188 Å². The molecule has 0 spiro atoms. The van der Waals surface area contributed by atoms with E-state index in [-0.39, 0.29) is 11.3 Å². The third-order valence-corrected chi connectivity index (χ3v) is 7.03. The van der Waals surface area contributed by atoms with Gasteiger partial charge in [0.2, 0.25) is 0 Å². The molecule has 1 amide bonds. The Morgan fingerprint density at radius 3 is 2.42 bits per heavy atom. The smallest absolute Gasteiger partial charge is 0.266 e. The highest BCUT2D eigenvalue weighted by Gasteiger charge is 2.24. The lowest BCUT2D eigenvalue weighted by atomic mass is 9.95. The summed E-state index contributed by atoms with van der Waals surface area (Å²) in [6.07, 6.45) is 0. The summed E-state index contributed by atoms with van der Waals surface area (Å²) >= 11 is 1.45. The standard InChI is InChI=1S/C24H31N5OS/c1-15-19-16(2)25-23(24(3,4)5)27-22(19)31-20(15)21(30)26-17-9-7-8-10-18(17)29-13-11-28(6)12-14-29/h7-10H,11-14H2,1-6H3,(H,26,30). The zero-order valence-electron chi connectivity index (χ0n) is 19.2. The second kappa shape index (κ2) is 8.20. The molecule has 4 rings (SSSR count). The van der Waals surface area contributed by atoms with Crippen molar-refractivity contribution < 1.29 is 4.79 Å². The molecular formula is C24H31N5OS. The molecule has 0 bridgehead atoms. The van der Waals surface area contributed by atoms with E-state index in [1.54, 1.807) is 0 Å². The van der Waals surface area contributed by atoms with Crippen molar-refractivity contribution in [2.24, 2.45) is 0 Å². The Morgan fingerprint density at radius 1 is 1.06 bits per heavy atom.